The van der Waals surface area contributed by atoms with Crippen LogP contribution >= 0.6 is 0 Å². The highest BCUT2D eigenvalue weighted by Crippen LogP contribution is 2.13. The van der Waals surface area contributed by atoms with Crippen molar-refractivity contribution in [2.45, 2.75) is 39.2 Å². The van der Waals surface area contributed by atoms with E-state index in [1.165, 1.54) is 12.4 Å². The van der Waals surface area contributed by atoms with E-state index < -0.39 is 5.91 Å². The molecule has 3 rings (SSSR count). The minimum atomic E-state index is -0.496. The van der Waals surface area contributed by atoms with Crippen molar-refractivity contribution in [3.05, 3.63) is 35.6 Å². The molecule has 25 heavy (non-hydrogen) atoms. The van der Waals surface area contributed by atoms with Crippen LogP contribution in [0.1, 0.15) is 58.9 Å². The van der Waals surface area contributed by atoms with Crippen LogP contribution in [-0.4, -0.2) is 50.0 Å². The van der Waals surface area contributed by atoms with Crippen LogP contribution in [0, 0.1) is 0 Å². The van der Waals surface area contributed by atoms with E-state index in [2.05, 4.69) is 25.5 Å². The van der Waals surface area contributed by atoms with Crippen molar-refractivity contribution in [3.63, 3.8) is 0 Å². The largest absolute Gasteiger partial charge is 0.423 e. The van der Waals surface area contributed by atoms with Crippen molar-refractivity contribution in [1.82, 2.24) is 30.4 Å². The highest BCUT2D eigenvalue weighted by atomic mass is 16.4. The Bertz CT molecular complexity index is 754. The van der Waals surface area contributed by atoms with Gasteiger partial charge >= 0.3 is 0 Å². The second-order valence-electron chi connectivity index (χ2n) is 5.73. The van der Waals surface area contributed by atoms with E-state index in [1.54, 1.807) is 4.90 Å². The van der Waals surface area contributed by atoms with E-state index in [-0.39, 0.29) is 23.8 Å². The fourth-order valence-electron chi connectivity index (χ4n) is 2.65. The monoisotopic (exact) mass is 344 g/mol. The predicted molar refractivity (Wildman–Crippen MR) is 86.6 cm³/mol. The third kappa shape index (κ3) is 3.98. The van der Waals surface area contributed by atoms with Gasteiger partial charge in [-0.15, -0.1) is 10.2 Å². The molecule has 2 aromatic rings. The fraction of sp³-hybridized carbons (Fsp3) is 0.500. The van der Waals surface area contributed by atoms with Gasteiger partial charge in [-0.05, 0) is 19.3 Å². The molecular weight excluding hydrogens is 324 g/mol. The summed E-state index contributed by atoms with van der Waals surface area (Å²) in [4.78, 5) is 34.9. The number of aryl methyl sites for hydroxylation is 1. The van der Waals surface area contributed by atoms with Gasteiger partial charge in [0.1, 0.15) is 0 Å². The van der Waals surface area contributed by atoms with Crippen LogP contribution in [-0.2, 0) is 13.0 Å². The Balaban J connectivity index is 1.70. The van der Waals surface area contributed by atoms with Gasteiger partial charge in [0.05, 0.1) is 6.54 Å². The maximum atomic E-state index is 12.6. The summed E-state index contributed by atoms with van der Waals surface area (Å²) >= 11 is 0. The first-order valence-corrected chi connectivity index (χ1v) is 8.38. The number of carbonyl (C=O) groups excluding carboxylic acids is 2. The lowest BCUT2D eigenvalue weighted by atomic mass is 10.1. The van der Waals surface area contributed by atoms with Crippen molar-refractivity contribution in [2.75, 3.05) is 13.1 Å². The number of nitrogens with one attached hydrogen (secondary N) is 1. The van der Waals surface area contributed by atoms with Gasteiger partial charge in [-0.2, -0.15) is 0 Å². The topological polar surface area (TPSA) is 114 Å². The second-order valence-corrected chi connectivity index (χ2v) is 5.73. The fourth-order valence-corrected chi connectivity index (χ4v) is 2.65. The maximum Gasteiger partial charge on any atom is 0.274 e. The van der Waals surface area contributed by atoms with Gasteiger partial charge in [0.25, 0.3) is 11.8 Å². The van der Waals surface area contributed by atoms with Gasteiger partial charge in [-0.3, -0.25) is 9.59 Å². The number of likely N-dealkylation sites (tertiary alicyclic amines) is 1. The summed E-state index contributed by atoms with van der Waals surface area (Å²) in [7, 11) is 0. The Morgan fingerprint density at radius 1 is 1.08 bits per heavy atom. The highest BCUT2D eigenvalue weighted by molar-refractivity contribution is 6.04. The molecule has 1 N–H and O–H groups in total. The maximum absolute atomic E-state index is 12.6. The number of amides is 2. The van der Waals surface area contributed by atoms with E-state index in [1.807, 2.05) is 6.92 Å². The lowest BCUT2D eigenvalue weighted by Gasteiger charge is -2.26. The summed E-state index contributed by atoms with van der Waals surface area (Å²) in [5.74, 6) is 0.0523. The van der Waals surface area contributed by atoms with Crippen molar-refractivity contribution in [3.8, 4) is 0 Å². The molecule has 2 aromatic heterocycles. The van der Waals surface area contributed by atoms with Crippen LogP contribution in [0.5, 0.6) is 0 Å². The average molecular weight is 344 g/mol. The van der Waals surface area contributed by atoms with E-state index in [9.17, 15) is 9.59 Å². The summed E-state index contributed by atoms with van der Waals surface area (Å²) in [6.07, 6.45) is 6.47. The zero-order chi connectivity index (χ0) is 17.6. The van der Waals surface area contributed by atoms with Crippen LogP contribution in [0.2, 0.25) is 0 Å². The molecule has 9 nitrogen and oxygen atoms in total. The molecule has 0 unspecified atom stereocenters. The zero-order valence-electron chi connectivity index (χ0n) is 14.1. The van der Waals surface area contributed by atoms with Gasteiger partial charge in [0, 0.05) is 31.9 Å². The number of hydrogen-bond acceptors (Lipinski definition) is 7. The number of nitrogens with zero attached hydrogens (tertiary/aromatic N) is 5. The molecule has 3 heterocycles. The molecule has 1 saturated heterocycles. The first kappa shape index (κ1) is 17.0. The Labute approximate surface area is 144 Å². The molecule has 0 aliphatic carbocycles. The predicted octanol–water partition coefficient (Wildman–Crippen LogP) is 0.978. The molecule has 0 radical (unpaired) electrons. The molecule has 132 valence electrons. The molecule has 0 aromatic carbocycles. The summed E-state index contributed by atoms with van der Waals surface area (Å²) in [6, 6.07) is 0. The summed E-state index contributed by atoms with van der Waals surface area (Å²) in [6.45, 7) is 3.32. The van der Waals surface area contributed by atoms with Crippen LogP contribution < -0.4 is 5.32 Å². The number of aromatic nitrogens is 4. The Kier molecular flexibility index (Phi) is 5.32. The average Bonchev–Trinajstić information content (AvgIpc) is 3.14. The number of piperidine rings is 1. The molecule has 9 heteroatoms. The van der Waals surface area contributed by atoms with Gasteiger partial charge in [0.15, 0.2) is 11.4 Å². The van der Waals surface area contributed by atoms with Gasteiger partial charge < -0.3 is 14.6 Å². The summed E-state index contributed by atoms with van der Waals surface area (Å²) in [5.41, 5.74) is 0.0787. The molecule has 0 bridgehead atoms. The van der Waals surface area contributed by atoms with Crippen molar-refractivity contribution >= 4 is 11.8 Å². The molecule has 0 spiro atoms. The second kappa shape index (κ2) is 7.82. The molecule has 1 aliphatic heterocycles. The molecule has 1 aliphatic rings. The smallest absolute Gasteiger partial charge is 0.274 e. The third-order valence-corrected chi connectivity index (χ3v) is 3.97. The number of rotatable bonds is 5. The number of hydrogen-bond donors (Lipinski definition) is 1. The van der Waals surface area contributed by atoms with E-state index in [4.69, 9.17) is 4.42 Å². The molecule has 0 atom stereocenters. The molecule has 1 fully saturated rings. The van der Waals surface area contributed by atoms with Crippen molar-refractivity contribution in [2.24, 2.45) is 0 Å². The standard InChI is InChI=1S/C16H20N6O3/c1-2-11-20-21-12(25-11)10-19-15(23)13-14(18-7-6-17-13)16(24)22-8-4-3-5-9-22/h6-7H,2-5,8-10H2,1H3,(H,19,23). The quantitative estimate of drug-likeness (QED) is 0.859. The van der Waals surface area contributed by atoms with E-state index in [0.717, 1.165) is 19.3 Å². The lowest BCUT2D eigenvalue weighted by Crippen LogP contribution is -2.38. The lowest BCUT2D eigenvalue weighted by molar-refractivity contribution is 0.0711. The Morgan fingerprint density at radius 2 is 1.76 bits per heavy atom. The molecule has 0 saturated carbocycles. The van der Waals surface area contributed by atoms with Crippen LogP contribution in [0.4, 0.5) is 0 Å². The Hall–Kier alpha value is -2.84. The first-order valence-electron chi connectivity index (χ1n) is 8.38. The van der Waals surface area contributed by atoms with E-state index in [0.29, 0.717) is 31.3 Å². The van der Waals surface area contributed by atoms with Gasteiger partial charge in [0.2, 0.25) is 11.8 Å². The van der Waals surface area contributed by atoms with Crippen LogP contribution in [0.25, 0.3) is 0 Å². The van der Waals surface area contributed by atoms with Crippen LogP contribution in [0.15, 0.2) is 16.8 Å². The SMILES string of the molecule is CCc1nnc(CNC(=O)c2nccnc2C(=O)N2CCCCC2)o1. The minimum Gasteiger partial charge on any atom is -0.423 e. The normalized spacial score (nSPS) is 14.4. The summed E-state index contributed by atoms with van der Waals surface area (Å²) in [5, 5.41) is 10.3. The van der Waals surface area contributed by atoms with Crippen molar-refractivity contribution in [1.29, 1.82) is 0 Å². The molecule has 2 amide bonds. The van der Waals surface area contributed by atoms with Gasteiger partial charge in [-0.25, -0.2) is 9.97 Å². The zero-order valence-corrected chi connectivity index (χ0v) is 14.1. The summed E-state index contributed by atoms with van der Waals surface area (Å²) < 4.78 is 5.34. The Morgan fingerprint density at radius 3 is 2.44 bits per heavy atom. The third-order valence-electron chi connectivity index (χ3n) is 3.97. The van der Waals surface area contributed by atoms with Crippen LogP contribution in [0.3, 0.4) is 0 Å². The van der Waals surface area contributed by atoms with E-state index >= 15 is 0 Å². The number of carbonyl (C=O) groups is 2. The minimum absolute atomic E-state index is 0.00769. The highest BCUT2D eigenvalue weighted by Gasteiger charge is 2.25. The first-order chi connectivity index (χ1) is 12.2. The van der Waals surface area contributed by atoms with Crippen molar-refractivity contribution < 1.29 is 14.0 Å². The molecular formula is C16H20N6O3. The van der Waals surface area contributed by atoms with Gasteiger partial charge in [-0.1, -0.05) is 6.92 Å².